The molecule has 4 rings (SSSR count). The SMILES string of the molecule is O=C(Nc1nccs1)C1CN(C(=O)[C@@H]2C[C@H]2c2cnc[nH]2)C1. The molecule has 8 heteroatoms. The van der Waals surface area contributed by atoms with Crippen LogP contribution in [0, 0.1) is 11.8 Å². The number of carbonyl (C=O) groups excluding carboxylic acids is 2. The van der Waals surface area contributed by atoms with Crippen molar-refractivity contribution in [3.05, 3.63) is 29.8 Å². The maximum Gasteiger partial charge on any atom is 0.232 e. The van der Waals surface area contributed by atoms with Crippen molar-refractivity contribution < 1.29 is 9.59 Å². The summed E-state index contributed by atoms with van der Waals surface area (Å²) in [4.78, 5) is 37.2. The highest BCUT2D eigenvalue weighted by Gasteiger charge is 2.49. The van der Waals surface area contributed by atoms with Crippen molar-refractivity contribution in [2.75, 3.05) is 18.4 Å². The van der Waals surface area contributed by atoms with Crippen LogP contribution in [0.25, 0.3) is 0 Å². The number of thiazole rings is 1. The standard InChI is InChI=1S/C14H15N5O2S/c20-12(18-14-16-1-2-22-14)8-5-19(6-8)13(21)10-3-9(10)11-4-15-7-17-11/h1-2,4,7-10H,3,5-6H2,(H,15,17)(H,16,18,20)/t9-,10-/m1/s1. The molecular weight excluding hydrogens is 302 g/mol. The first kappa shape index (κ1) is 13.4. The Balaban J connectivity index is 1.27. The van der Waals surface area contributed by atoms with Gasteiger partial charge in [0, 0.05) is 48.4 Å². The van der Waals surface area contributed by atoms with Crippen LogP contribution < -0.4 is 5.32 Å². The number of amides is 2. The van der Waals surface area contributed by atoms with Crippen molar-refractivity contribution in [2.24, 2.45) is 11.8 Å². The molecule has 2 aromatic rings. The van der Waals surface area contributed by atoms with Gasteiger partial charge < -0.3 is 15.2 Å². The largest absolute Gasteiger partial charge is 0.348 e. The smallest absolute Gasteiger partial charge is 0.232 e. The number of aromatic nitrogens is 3. The van der Waals surface area contributed by atoms with Gasteiger partial charge in [-0.25, -0.2) is 9.97 Å². The van der Waals surface area contributed by atoms with E-state index in [0.717, 1.165) is 12.1 Å². The van der Waals surface area contributed by atoms with Crippen molar-refractivity contribution in [1.82, 2.24) is 19.9 Å². The van der Waals surface area contributed by atoms with Gasteiger partial charge in [0.2, 0.25) is 11.8 Å². The van der Waals surface area contributed by atoms with Gasteiger partial charge in [-0.2, -0.15) is 0 Å². The molecule has 0 aromatic carbocycles. The lowest BCUT2D eigenvalue weighted by atomic mass is 9.98. The van der Waals surface area contributed by atoms with Crippen LogP contribution in [-0.2, 0) is 9.59 Å². The Morgan fingerprint density at radius 3 is 2.95 bits per heavy atom. The Morgan fingerprint density at radius 2 is 2.27 bits per heavy atom. The lowest BCUT2D eigenvalue weighted by molar-refractivity contribution is -0.142. The van der Waals surface area contributed by atoms with E-state index < -0.39 is 0 Å². The number of rotatable bonds is 4. The normalized spacial score (nSPS) is 23.9. The molecule has 0 radical (unpaired) electrons. The van der Waals surface area contributed by atoms with Crippen LogP contribution in [0.2, 0.25) is 0 Å². The van der Waals surface area contributed by atoms with Gasteiger partial charge in [-0.1, -0.05) is 0 Å². The number of anilines is 1. The summed E-state index contributed by atoms with van der Waals surface area (Å²) in [5.74, 6) is 0.275. The molecule has 2 amide bonds. The first-order chi connectivity index (χ1) is 10.7. The molecule has 3 heterocycles. The molecule has 2 N–H and O–H groups in total. The van der Waals surface area contributed by atoms with Crippen LogP contribution in [0.3, 0.4) is 0 Å². The molecule has 1 aliphatic heterocycles. The van der Waals surface area contributed by atoms with Crippen LogP contribution in [0.4, 0.5) is 5.13 Å². The Kier molecular flexibility index (Phi) is 3.18. The summed E-state index contributed by atoms with van der Waals surface area (Å²) in [5.41, 5.74) is 1.02. The highest BCUT2D eigenvalue weighted by atomic mass is 32.1. The first-order valence-electron chi connectivity index (χ1n) is 7.20. The zero-order chi connectivity index (χ0) is 15.1. The number of hydrogen-bond donors (Lipinski definition) is 2. The van der Waals surface area contributed by atoms with Gasteiger partial charge in [-0.3, -0.25) is 9.59 Å². The van der Waals surface area contributed by atoms with Crippen LogP contribution in [0.15, 0.2) is 24.1 Å². The molecular formula is C14H15N5O2S. The number of hydrogen-bond acceptors (Lipinski definition) is 5. The summed E-state index contributed by atoms with van der Waals surface area (Å²) in [5, 5.41) is 5.20. The fourth-order valence-electron chi connectivity index (χ4n) is 2.83. The molecule has 1 saturated heterocycles. The van der Waals surface area contributed by atoms with E-state index in [-0.39, 0.29) is 29.6 Å². The summed E-state index contributed by atoms with van der Waals surface area (Å²) in [6.07, 6.45) is 5.93. The van der Waals surface area contributed by atoms with Gasteiger partial charge in [0.1, 0.15) is 0 Å². The maximum atomic E-state index is 12.3. The first-order valence-corrected chi connectivity index (χ1v) is 8.08. The second-order valence-corrected chi connectivity index (χ2v) is 6.62. The van der Waals surface area contributed by atoms with E-state index in [4.69, 9.17) is 0 Å². The monoisotopic (exact) mass is 317 g/mol. The molecule has 2 aromatic heterocycles. The molecule has 2 atom stereocenters. The van der Waals surface area contributed by atoms with Gasteiger partial charge >= 0.3 is 0 Å². The van der Waals surface area contributed by atoms with Gasteiger partial charge in [0.25, 0.3) is 0 Å². The minimum absolute atomic E-state index is 0.0448. The van der Waals surface area contributed by atoms with Crippen molar-refractivity contribution in [3.8, 4) is 0 Å². The summed E-state index contributed by atoms with van der Waals surface area (Å²) in [6, 6.07) is 0. The Bertz CT molecular complexity index is 678. The highest BCUT2D eigenvalue weighted by Crippen LogP contribution is 2.48. The summed E-state index contributed by atoms with van der Waals surface area (Å²) in [6.45, 7) is 1.00. The third-order valence-corrected chi connectivity index (χ3v) is 4.94. The Labute approximate surface area is 130 Å². The van der Waals surface area contributed by atoms with E-state index in [1.165, 1.54) is 11.3 Å². The molecule has 7 nitrogen and oxygen atoms in total. The van der Waals surface area contributed by atoms with Crippen molar-refractivity contribution in [2.45, 2.75) is 12.3 Å². The van der Waals surface area contributed by atoms with E-state index in [9.17, 15) is 9.59 Å². The van der Waals surface area contributed by atoms with Crippen molar-refractivity contribution in [3.63, 3.8) is 0 Å². The van der Waals surface area contributed by atoms with Gasteiger partial charge in [-0.15, -0.1) is 11.3 Å². The topological polar surface area (TPSA) is 91.0 Å². The number of nitrogens with zero attached hydrogens (tertiary/aromatic N) is 3. The quantitative estimate of drug-likeness (QED) is 0.882. The highest BCUT2D eigenvalue weighted by molar-refractivity contribution is 7.13. The van der Waals surface area contributed by atoms with Gasteiger partial charge in [0.15, 0.2) is 5.13 Å². The molecule has 0 unspecified atom stereocenters. The Morgan fingerprint density at radius 1 is 1.41 bits per heavy atom. The van der Waals surface area contributed by atoms with Crippen LogP contribution in [-0.4, -0.2) is 44.8 Å². The second kappa shape index (κ2) is 5.20. The number of carbonyl (C=O) groups is 2. The van der Waals surface area contributed by atoms with Crippen molar-refractivity contribution >= 4 is 28.3 Å². The average molecular weight is 317 g/mol. The predicted octanol–water partition coefficient (Wildman–Crippen LogP) is 1.07. The number of imidazole rings is 1. The predicted molar refractivity (Wildman–Crippen MR) is 80.2 cm³/mol. The van der Waals surface area contributed by atoms with Gasteiger partial charge in [0.05, 0.1) is 12.2 Å². The van der Waals surface area contributed by atoms with Crippen LogP contribution in [0.5, 0.6) is 0 Å². The van der Waals surface area contributed by atoms with E-state index in [1.54, 1.807) is 23.6 Å². The molecule has 0 spiro atoms. The minimum Gasteiger partial charge on any atom is -0.348 e. The van der Waals surface area contributed by atoms with Gasteiger partial charge in [-0.05, 0) is 6.42 Å². The molecule has 1 aliphatic carbocycles. The second-order valence-electron chi connectivity index (χ2n) is 5.72. The van der Waals surface area contributed by atoms with Crippen molar-refractivity contribution in [1.29, 1.82) is 0 Å². The number of likely N-dealkylation sites (tertiary alicyclic amines) is 1. The average Bonchev–Trinajstić information content (AvgIpc) is 2.89. The van der Waals surface area contributed by atoms with Crippen LogP contribution in [0.1, 0.15) is 18.0 Å². The molecule has 114 valence electrons. The van der Waals surface area contributed by atoms with E-state index in [0.29, 0.717) is 18.2 Å². The molecule has 2 aliphatic rings. The fourth-order valence-corrected chi connectivity index (χ4v) is 3.36. The molecule has 2 fully saturated rings. The summed E-state index contributed by atoms with van der Waals surface area (Å²) < 4.78 is 0. The third-order valence-electron chi connectivity index (χ3n) is 4.25. The maximum absolute atomic E-state index is 12.3. The van der Waals surface area contributed by atoms with E-state index >= 15 is 0 Å². The zero-order valence-electron chi connectivity index (χ0n) is 11.7. The van der Waals surface area contributed by atoms with E-state index in [1.807, 2.05) is 5.38 Å². The molecule has 1 saturated carbocycles. The Hall–Kier alpha value is -2.22. The van der Waals surface area contributed by atoms with Crippen LogP contribution >= 0.6 is 11.3 Å². The lowest BCUT2D eigenvalue weighted by Gasteiger charge is -2.38. The fraction of sp³-hybridized carbons (Fsp3) is 0.429. The minimum atomic E-state index is -0.128. The lowest BCUT2D eigenvalue weighted by Crippen LogP contribution is -2.55. The number of H-pyrrole nitrogens is 1. The summed E-state index contributed by atoms with van der Waals surface area (Å²) >= 11 is 1.39. The number of aromatic amines is 1. The third kappa shape index (κ3) is 2.39. The number of nitrogens with one attached hydrogen (secondary N) is 2. The molecule has 22 heavy (non-hydrogen) atoms. The zero-order valence-corrected chi connectivity index (χ0v) is 12.5. The van der Waals surface area contributed by atoms with E-state index in [2.05, 4.69) is 20.3 Å². The molecule has 0 bridgehead atoms. The summed E-state index contributed by atoms with van der Waals surface area (Å²) in [7, 11) is 0.